The molecule has 2 N–H and O–H groups in total. The van der Waals surface area contributed by atoms with Gasteiger partial charge in [-0.15, -0.1) is 0 Å². The molecule has 0 saturated heterocycles. The highest BCUT2D eigenvalue weighted by molar-refractivity contribution is 6.21. The molecule has 0 bridgehead atoms. The van der Waals surface area contributed by atoms with Crippen molar-refractivity contribution >= 4 is 17.5 Å². The summed E-state index contributed by atoms with van der Waals surface area (Å²) in [6, 6.07) is 9.36. The number of alkyl halides is 1. The Hall–Kier alpha value is -1.06. The highest BCUT2D eigenvalue weighted by atomic mass is 35.5. The molecular formula is C11H14ClNO2. The Labute approximate surface area is 94.1 Å². The summed E-state index contributed by atoms with van der Waals surface area (Å²) < 4.78 is 0. The summed E-state index contributed by atoms with van der Waals surface area (Å²) in [6.07, 6.45) is -0.483. The van der Waals surface area contributed by atoms with E-state index in [9.17, 15) is 4.79 Å². The smallest absolute Gasteiger partial charge is 0.225 e. The summed E-state index contributed by atoms with van der Waals surface area (Å²) >= 11 is 5.69. The minimum atomic E-state index is -0.758. The van der Waals surface area contributed by atoms with E-state index in [1.807, 2.05) is 30.3 Å². The molecule has 0 spiro atoms. The maximum Gasteiger partial charge on any atom is 0.225 e. The van der Waals surface area contributed by atoms with Gasteiger partial charge >= 0.3 is 0 Å². The van der Waals surface area contributed by atoms with Crippen LogP contribution in [0.25, 0.3) is 0 Å². The van der Waals surface area contributed by atoms with E-state index in [2.05, 4.69) is 5.32 Å². The molecule has 2 atom stereocenters. The third-order valence-electron chi connectivity index (χ3n) is 1.93. The number of rotatable bonds is 4. The molecule has 0 aromatic heterocycles. The summed E-state index contributed by atoms with van der Waals surface area (Å²) in [5.74, 6) is -0.192. The van der Waals surface area contributed by atoms with E-state index < -0.39 is 11.6 Å². The molecule has 0 radical (unpaired) electrons. The first kappa shape index (κ1) is 12.0. The zero-order chi connectivity index (χ0) is 11.3. The average Bonchev–Trinajstić information content (AvgIpc) is 2.18. The van der Waals surface area contributed by atoms with Crippen LogP contribution in [-0.4, -0.2) is 22.6 Å². The van der Waals surface area contributed by atoms with Gasteiger partial charge in [0.15, 0.2) is 0 Å². The molecule has 82 valence electrons. The number of nitrogens with one attached hydrogen (secondary N) is 1. The summed E-state index contributed by atoms with van der Waals surface area (Å²) in [5, 5.41) is 11.6. The van der Waals surface area contributed by atoms with Crippen molar-refractivity contribution in [2.24, 2.45) is 0 Å². The van der Waals surface area contributed by atoms with Crippen molar-refractivity contribution in [3.8, 4) is 0 Å². The van der Waals surface area contributed by atoms with Crippen molar-refractivity contribution in [3.63, 3.8) is 0 Å². The molecule has 0 aliphatic heterocycles. The number of aliphatic hydroxyl groups is 1. The van der Waals surface area contributed by atoms with Crippen LogP contribution in [0.15, 0.2) is 30.3 Å². The highest BCUT2D eigenvalue weighted by Crippen LogP contribution is 2.02. The van der Waals surface area contributed by atoms with Crippen LogP contribution in [0.5, 0.6) is 0 Å². The Morgan fingerprint density at radius 1 is 1.47 bits per heavy atom. The zero-order valence-electron chi connectivity index (χ0n) is 8.48. The molecule has 4 heteroatoms. The fourth-order valence-corrected chi connectivity index (χ4v) is 1.23. The Morgan fingerprint density at radius 3 is 2.60 bits per heavy atom. The number of hydrogen-bond acceptors (Lipinski definition) is 2. The summed E-state index contributed by atoms with van der Waals surface area (Å²) in [6.45, 7) is 1.53. The van der Waals surface area contributed by atoms with E-state index in [4.69, 9.17) is 16.7 Å². The molecule has 0 aliphatic rings. The number of carbonyl (C=O) groups excluding carboxylic acids is 1. The van der Waals surface area contributed by atoms with E-state index in [0.717, 1.165) is 5.56 Å². The predicted octanol–water partition coefficient (Wildman–Crippen LogP) is 1.29. The van der Waals surface area contributed by atoms with Gasteiger partial charge in [0.2, 0.25) is 5.91 Å². The molecule has 0 aliphatic carbocycles. The molecule has 0 saturated carbocycles. The Balaban J connectivity index is 2.43. The minimum Gasteiger partial charge on any atom is -0.390 e. The third kappa shape index (κ3) is 4.32. The third-order valence-corrected chi connectivity index (χ3v) is 2.40. The Kier molecular flexibility index (Phi) is 4.59. The van der Waals surface area contributed by atoms with Crippen LogP contribution in [0.1, 0.15) is 12.5 Å². The van der Waals surface area contributed by atoms with Crippen molar-refractivity contribution in [1.82, 2.24) is 5.32 Å². The molecular weight excluding hydrogens is 214 g/mol. The van der Waals surface area contributed by atoms with Gasteiger partial charge in [0.1, 0.15) is 5.50 Å². The number of aliphatic hydroxyl groups excluding tert-OH is 1. The van der Waals surface area contributed by atoms with Crippen molar-refractivity contribution in [2.75, 3.05) is 0 Å². The number of hydrogen-bond donors (Lipinski definition) is 2. The second-order valence-corrected chi connectivity index (χ2v) is 3.84. The maximum atomic E-state index is 11.4. The normalized spacial score (nSPS) is 14.3. The molecule has 1 aromatic carbocycles. The molecule has 2 unspecified atom stereocenters. The van der Waals surface area contributed by atoms with Crippen molar-refractivity contribution in [3.05, 3.63) is 35.9 Å². The van der Waals surface area contributed by atoms with Crippen molar-refractivity contribution in [2.45, 2.75) is 24.9 Å². The van der Waals surface area contributed by atoms with Crippen LogP contribution in [0.4, 0.5) is 0 Å². The number of carbonyl (C=O) groups is 1. The van der Waals surface area contributed by atoms with Crippen LogP contribution < -0.4 is 5.32 Å². The van der Waals surface area contributed by atoms with Gasteiger partial charge in [0, 0.05) is 0 Å². The second-order valence-electron chi connectivity index (χ2n) is 3.37. The van der Waals surface area contributed by atoms with Crippen LogP contribution in [-0.2, 0) is 11.2 Å². The summed E-state index contributed by atoms with van der Waals surface area (Å²) in [5.41, 5.74) is 0.186. The highest BCUT2D eigenvalue weighted by Gasteiger charge is 2.13. The standard InChI is InChI=1S/C11H14ClNO2/c1-8(14)11(12)13-10(15)7-9-5-3-2-4-6-9/h2-6,8,11,14H,7H2,1H3,(H,13,15). The first-order valence-electron chi connectivity index (χ1n) is 4.75. The van der Waals surface area contributed by atoms with Gasteiger partial charge in [0.05, 0.1) is 12.5 Å². The van der Waals surface area contributed by atoms with Gasteiger partial charge in [-0.05, 0) is 12.5 Å². The lowest BCUT2D eigenvalue weighted by molar-refractivity contribution is -0.121. The van der Waals surface area contributed by atoms with Gasteiger partial charge in [-0.3, -0.25) is 4.79 Å². The van der Waals surface area contributed by atoms with Gasteiger partial charge in [-0.2, -0.15) is 0 Å². The summed E-state index contributed by atoms with van der Waals surface area (Å²) in [7, 11) is 0. The largest absolute Gasteiger partial charge is 0.390 e. The van der Waals surface area contributed by atoms with E-state index in [0.29, 0.717) is 0 Å². The predicted molar refractivity (Wildman–Crippen MR) is 59.6 cm³/mol. The quantitative estimate of drug-likeness (QED) is 0.602. The lowest BCUT2D eigenvalue weighted by Gasteiger charge is -2.14. The topological polar surface area (TPSA) is 49.3 Å². The molecule has 0 heterocycles. The van der Waals surface area contributed by atoms with Crippen molar-refractivity contribution in [1.29, 1.82) is 0 Å². The first-order valence-corrected chi connectivity index (χ1v) is 5.18. The van der Waals surface area contributed by atoms with Crippen LogP contribution in [0.2, 0.25) is 0 Å². The fourth-order valence-electron chi connectivity index (χ4n) is 1.11. The van der Waals surface area contributed by atoms with E-state index in [-0.39, 0.29) is 12.3 Å². The van der Waals surface area contributed by atoms with Gasteiger partial charge in [0.25, 0.3) is 0 Å². The number of halogens is 1. The molecule has 1 rings (SSSR count). The number of benzene rings is 1. The Bertz CT molecular complexity index is 314. The Morgan fingerprint density at radius 2 is 2.07 bits per heavy atom. The molecule has 1 amide bonds. The van der Waals surface area contributed by atoms with Crippen molar-refractivity contribution < 1.29 is 9.90 Å². The average molecular weight is 228 g/mol. The monoisotopic (exact) mass is 227 g/mol. The zero-order valence-corrected chi connectivity index (χ0v) is 9.24. The van der Waals surface area contributed by atoms with Crippen LogP contribution >= 0.6 is 11.6 Å². The summed E-state index contributed by atoms with van der Waals surface area (Å²) in [4.78, 5) is 11.4. The lowest BCUT2D eigenvalue weighted by atomic mass is 10.1. The van der Waals surface area contributed by atoms with E-state index in [1.54, 1.807) is 0 Å². The number of amides is 1. The minimum absolute atomic E-state index is 0.192. The lowest BCUT2D eigenvalue weighted by Crippen LogP contribution is -2.38. The van der Waals surface area contributed by atoms with Gasteiger partial charge < -0.3 is 10.4 Å². The van der Waals surface area contributed by atoms with Gasteiger partial charge in [-0.1, -0.05) is 41.9 Å². The molecule has 0 fully saturated rings. The van der Waals surface area contributed by atoms with E-state index >= 15 is 0 Å². The molecule has 3 nitrogen and oxygen atoms in total. The fraction of sp³-hybridized carbons (Fsp3) is 0.364. The first-order chi connectivity index (χ1) is 7.09. The van der Waals surface area contributed by atoms with E-state index in [1.165, 1.54) is 6.92 Å². The van der Waals surface area contributed by atoms with Crippen LogP contribution in [0, 0.1) is 0 Å². The second kappa shape index (κ2) is 5.73. The molecule has 15 heavy (non-hydrogen) atoms. The SMILES string of the molecule is CC(O)C(Cl)NC(=O)Cc1ccccc1. The molecule has 1 aromatic rings. The van der Waals surface area contributed by atoms with Gasteiger partial charge in [-0.25, -0.2) is 0 Å². The maximum absolute atomic E-state index is 11.4. The van der Waals surface area contributed by atoms with Crippen LogP contribution in [0.3, 0.4) is 0 Å².